The molecule has 2 saturated heterocycles. The van der Waals surface area contributed by atoms with Gasteiger partial charge >= 0.3 is 0 Å². The van der Waals surface area contributed by atoms with Crippen LogP contribution in [0.3, 0.4) is 0 Å². The molecule has 2 aliphatic rings. The highest BCUT2D eigenvalue weighted by molar-refractivity contribution is 7.89. The zero-order chi connectivity index (χ0) is 24.6. The second kappa shape index (κ2) is 9.54. The van der Waals surface area contributed by atoms with E-state index in [9.17, 15) is 13.2 Å². The van der Waals surface area contributed by atoms with Crippen LogP contribution in [0.25, 0.3) is 11.4 Å². The van der Waals surface area contributed by atoms with Gasteiger partial charge in [-0.25, -0.2) is 8.42 Å². The number of carbonyl (C=O) groups is 1. The molecule has 2 fully saturated rings. The summed E-state index contributed by atoms with van der Waals surface area (Å²) in [6.07, 6.45) is 2.66. The maximum absolute atomic E-state index is 13.4. The molecule has 3 aromatic rings. The van der Waals surface area contributed by atoms with Crippen molar-refractivity contribution in [2.45, 2.75) is 50.5 Å². The first kappa shape index (κ1) is 23.7. The molecule has 184 valence electrons. The molecule has 1 aromatic heterocycles. The molecule has 2 aromatic carbocycles. The van der Waals surface area contributed by atoms with Gasteiger partial charge in [-0.2, -0.15) is 9.29 Å². The number of sulfonamides is 1. The van der Waals surface area contributed by atoms with Crippen molar-refractivity contribution in [3.63, 3.8) is 0 Å². The highest BCUT2D eigenvalue weighted by atomic mass is 32.2. The monoisotopic (exact) mass is 494 g/mol. The minimum Gasteiger partial charge on any atom is -0.337 e. The van der Waals surface area contributed by atoms with E-state index < -0.39 is 10.0 Å². The number of benzene rings is 2. The first-order valence-corrected chi connectivity index (χ1v) is 13.6. The van der Waals surface area contributed by atoms with Gasteiger partial charge in [0.2, 0.25) is 27.6 Å². The van der Waals surface area contributed by atoms with Crippen molar-refractivity contribution in [3.05, 3.63) is 65.5 Å². The van der Waals surface area contributed by atoms with Crippen LogP contribution in [0.1, 0.15) is 48.7 Å². The van der Waals surface area contributed by atoms with Crippen LogP contribution in [0.4, 0.5) is 0 Å². The van der Waals surface area contributed by atoms with Gasteiger partial charge < -0.3 is 9.42 Å². The number of aromatic nitrogens is 2. The van der Waals surface area contributed by atoms with Gasteiger partial charge in [0.15, 0.2) is 0 Å². The zero-order valence-corrected chi connectivity index (χ0v) is 20.9. The average Bonchev–Trinajstić information content (AvgIpc) is 3.54. The lowest BCUT2D eigenvalue weighted by atomic mass is 9.96. The van der Waals surface area contributed by atoms with Crippen molar-refractivity contribution < 1.29 is 17.7 Å². The van der Waals surface area contributed by atoms with E-state index in [4.69, 9.17) is 4.52 Å². The number of amides is 1. The molecule has 1 atom stereocenters. The van der Waals surface area contributed by atoms with E-state index >= 15 is 0 Å². The largest absolute Gasteiger partial charge is 0.337 e. The molecule has 0 radical (unpaired) electrons. The predicted octanol–water partition coefficient (Wildman–Crippen LogP) is 4.12. The molecule has 0 N–H and O–H groups in total. The van der Waals surface area contributed by atoms with E-state index in [0.717, 1.165) is 29.5 Å². The summed E-state index contributed by atoms with van der Waals surface area (Å²) in [5, 5.41) is 4.17. The molecule has 1 amide bonds. The first-order valence-electron chi connectivity index (χ1n) is 12.1. The van der Waals surface area contributed by atoms with Crippen LogP contribution in [0.2, 0.25) is 0 Å². The highest BCUT2D eigenvalue weighted by Gasteiger charge is 2.39. The van der Waals surface area contributed by atoms with E-state index in [0.29, 0.717) is 49.1 Å². The van der Waals surface area contributed by atoms with Gasteiger partial charge in [-0.1, -0.05) is 47.1 Å². The van der Waals surface area contributed by atoms with E-state index in [1.165, 1.54) is 4.31 Å². The second-order valence-corrected chi connectivity index (χ2v) is 11.4. The van der Waals surface area contributed by atoms with Crippen molar-refractivity contribution >= 4 is 15.9 Å². The molecule has 2 aliphatic heterocycles. The number of aryl methyl sites for hydroxylation is 2. The zero-order valence-electron chi connectivity index (χ0n) is 20.1. The van der Waals surface area contributed by atoms with Crippen LogP contribution in [0.5, 0.6) is 0 Å². The number of hydrogen-bond acceptors (Lipinski definition) is 6. The van der Waals surface area contributed by atoms with Crippen molar-refractivity contribution in [2.24, 2.45) is 5.92 Å². The van der Waals surface area contributed by atoms with E-state index in [2.05, 4.69) is 10.1 Å². The minimum atomic E-state index is -3.55. The Labute approximate surface area is 206 Å². The molecule has 3 heterocycles. The Hall–Kier alpha value is -3.04. The van der Waals surface area contributed by atoms with Crippen LogP contribution >= 0.6 is 0 Å². The summed E-state index contributed by atoms with van der Waals surface area (Å²) >= 11 is 0. The molecule has 8 nitrogen and oxygen atoms in total. The van der Waals surface area contributed by atoms with Crippen LogP contribution in [-0.2, 0) is 14.8 Å². The summed E-state index contributed by atoms with van der Waals surface area (Å²) in [6.45, 7) is 5.25. The Kier molecular flexibility index (Phi) is 6.46. The van der Waals surface area contributed by atoms with E-state index in [-0.39, 0.29) is 17.9 Å². The number of carbonyl (C=O) groups excluding carboxylic acids is 1. The molecule has 0 spiro atoms. The predicted molar refractivity (Wildman–Crippen MR) is 131 cm³/mol. The van der Waals surface area contributed by atoms with Gasteiger partial charge in [0.1, 0.15) is 6.04 Å². The Morgan fingerprint density at radius 3 is 2.40 bits per heavy atom. The Morgan fingerprint density at radius 1 is 0.971 bits per heavy atom. The molecule has 9 heteroatoms. The number of piperidine rings is 1. The number of likely N-dealkylation sites (tertiary alicyclic amines) is 1. The second-order valence-electron chi connectivity index (χ2n) is 9.45. The lowest BCUT2D eigenvalue weighted by Crippen LogP contribution is -2.44. The Bertz CT molecular complexity index is 1310. The Morgan fingerprint density at radius 2 is 1.69 bits per heavy atom. The topological polar surface area (TPSA) is 96.6 Å². The summed E-state index contributed by atoms with van der Waals surface area (Å²) in [6, 6.07) is 14.5. The lowest BCUT2D eigenvalue weighted by Gasteiger charge is -2.33. The van der Waals surface area contributed by atoms with Crippen LogP contribution in [0, 0.1) is 19.8 Å². The summed E-state index contributed by atoms with van der Waals surface area (Å²) in [7, 11) is -3.55. The van der Waals surface area contributed by atoms with Gasteiger partial charge in [-0.05, 0) is 57.2 Å². The summed E-state index contributed by atoms with van der Waals surface area (Å²) in [5.74, 6) is 0.842. The molecular weight excluding hydrogens is 464 g/mol. The average molecular weight is 495 g/mol. The van der Waals surface area contributed by atoms with Crippen LogP contribution < -0.4 is 0 Å². The van der Waals surface area contributed by atoms with Crippen LogP contribution in [-0.4, -0.2) is 53.3 Å². The molecule has 0 saturated carbocycles. The number of nitrogens with zero attached hydrogens (tertiary/aromatic N) is 4. The van der Waals surface area contributed by atoms with Gasteiger partial charge in [0, 0.05) is 31.1 Å². The van der Waals surface area contributed by atoms with Crippen LogP contribution in [0.15, 0.2) is 57.9 Å². The maximum Gasteiger partial charge on any atom is 0.249 e. The van der Waals surface area contributed by atoms with Gasteiger partial charge in [-0.3, -0.25) is 4.79 Å². The van der Waals surface area contributed by atoms with Crippen molar-refractivity contribution in [1.82, 2.24) is 19.3 Å². The van der Waals surface area contributed by atoms with Crippen molar-refractivity contribution in [3.8, 4) is 11.4 Å². The fourth-order valence-corrected chi connectivity index (χ4v) is 6.50. The number of hydrogen-bond donors (Lipinski definition) is 0. The smallest absolute Gasteiger partial charge is 0.249 e. The molecule has 0 bridgehead atoms. The maximum atomic E-state index is 13.4. The lowest BCUT2D eigenvalue weighted by molar-refractivity contribution is -0.138. The van der Waals surface area contributed by atoms with E-state index in [1.807, 2.05) is 43.0 Å². The normalized spacial score (nSPS) is 19.8. The fourth-order valence-electron chi connectivity index (χ4n) is 5.03. The fraction of sp³-hybridized carbons (Fsp3) is 0.423. The molecule has 35 heavy (non-hydrogen) atoms. The third kappa shape index (κ3) is 4.62. The molecule has 0 unspecified atom stereocenters. The number of rotatable bonds is 5. The summed E-state index contributed by atoms with van der Waals surface area (Å²) in [5.41, 5.74) is 2.99. The molecular formula is C26H30N4O4S. The molecule has 0 aliphatic carbocycles. The standard InChI is InChI=1S/C26H30N4O4S/c1-18-9-11-21(12-10-18)35(32,33)29-16-13-20(14-17-29)26(31)30-15-5-8-23(30)25-27-24(28-34-25)22-7-4-3-6-19(22)2/h3-4,6-7,9-12,20,23H,5,8,13-17H2,1-2H3/t23-/m0/s1. The molecule has 5 rings (SSSR count). The third-order valence-corrected chi connectivity index (χ3v) is 9.02. The van der Waals surface area contributed by atoms with Crippen molar-refractivity contribution in [2.75, 3.05) is 19.6 Å². The van der Waals surface area contributed by atoms with Gasteiger partial charge in [0.25, 0.3) is 0 Å². The third-order valence-electron chi connectivity index (χ3n) is 7.11. The highest BCUT2D eigenvalue weighted by Crippen LogP contribution is 2.35. The van der Waals surface area contributed by atoms with E-state index in [1.54, 1.807) is 24.3 Å². The SMILES string of the molecule is Cc1ccc(S(=O)(=O)N2CCC(C(=O)N3CCC[C@H]3c3nc(-c4ccccc4C)no3)CC2)cc1. The quantitative estimate of drug-likeness (QED) is 0.529. The van der Waals surface area contributed by atoms with Crippen molar-refractivity contribution in [1.29, 1.82) is 0 Å². The first-order chi connectivity index (χ1) is 16.8. The summed E-state index contributed by atoms with van der Waals surface area (Å²) in [4.78, 5) is 20.2. The minimum absolute atomic E-state index is 0.0514. The van der Waals surface area contributed by atoms with Gasteiger partial charge in [-0.15, -0.1) is 0 Å². The summed E-state index contributed by atoms with van der Waals surface area (Å²) < 4.78 is 33.1. The Balaban J connectivity index is 1.26. The van der Waals surface area contributed by atoms with Gasteiger partial charge in [0.05, 0.1) is 4.90 Å².